The van der Waals surface area contributed by atoms with Crippen LogP contribution in [0, 0.1) is 13.8 Å². The molecule has 1 aromatic carbocycles. The molecule has 1 aromatic heterocycles. The number of nitrogens with zero attached hydrogens (tertiary/aromatic N) is 2. The van der Waals surface area contributed by atoms with E-state index in [9.17, 15) is 4.79 Å². The van der Waals surface area contributed by atoms with E-state index in [-0.39, 0.29) is 11.7 Å². The second-order valence-corrected chi connectivity index (χ2v) is 5.22. The van der Waals surface area contributed by atoms with Crippen LogP contribution in [0.15, 0.2) is 27.8 Å². The van der Waals surface area contributed by atoms with E-state index in [0.717, 1.165) is 5.56 Å². The highest BCUT2D eigenvalue weighted by Crippen LogP contribution is 2.21. The zero-order valence-corrected chi connectivity index (χ0v) is 12.0. The number of hydrogen-bond acceptors (Lipinski definition) is 5. The highest BCUT2D eigenvalue weighted by molar-refractivity contribution is 7.99. The van der Waals surface area contributed by atoms with Gasteiger partial charge in [-0.15, -0.1) is 10.2 Å². The molecule has 19 heavy (non-hydrogen) atoms. The maximum absolute atomic E-state index is 11.7. The minimum absolute atomic E-state index is 0.152. The Labute approximate surface area is 119 Å². The van der Waals surface area contributed by atoms with Crippen LogP contribution in [0.3, 0.4) is 0 Å². The SMILES string of the molecule is Cc1nnc(SCC(=O)Nc2ccc(C)c(Cl)c2)o1. The summed E-state index contributed by atoms with van der Waals surface area (Å²) in [5.41, 5.74) is 1.64. The molecule has 100 valence electrons. The van der Waals surface area contributed by atoms with Gasteiger partial charge in [0.2, 0.25) is 11.8 Å². The number of carbonyl (C=O) groups excluding carboxylic acids is 1. The van der Waals surface area contributed by atoms with Gasteiger partial charge in [0.05, 0.1) is 5.75 Å². The van der Waals surface area contributed by atoms with Crippen molar-refractivity contribution in [3.05, 3.63) is 34.7 Å². The first-order valence-electron chi connectivity index (χ1n) is 5.53. The van der Waals surface area contributed by atoms with Gasteiger partial charge in [-0.3, -0.25) is 4.79 Å². The molecule has 5 nitrogen and oxygen atoms in total. The topological polar surface area (TPSA) is 68.0 Å². The molecule has 0 aliphatic carbocycles. The summed E-state index contributed by atoms with van der Waals surface area (Å²) in [7, 11) is 0. The quantitative estimate of drug-likeness (QED) is 0.878. The Balaban J connectivity index is 1.88. The standard InChI is InChI=1S/C12H12ClN3O2S/c1-7-3-4-9(5-10(7)13)14-11(17)6-19-12-16-15-8(2)18-12/h3-5H,6H2,1-2H3,(H,14,17). The number of aromatic nitrogens is 2. The number of rotatable bonds is 4. The number of hydrogen-bond donors (Lipinski definition) is 1. The number of halogens is 1. The van der Waals surface area contributed by atoms with Gasteiger partial charge < -0.3 is 9.73 Å². The van der Waals surface area contributed by atoms with Crippen LogP contribution in [-0.4, -0.2) is 21.9 Å². The maximum atomic E-state index is 11.7. The molecule has 2 aromatic rings. The lowest BCUT2D eigenvalue weighted by molar-refractivity contribution is -0.113. The summed E-state index contributed by atoms with van der Waals surface area (Å²) in [6, 6.07) is 5.38. The Kier molecular flexibility index (Phi) is 4.44. The van der Waals surface area contributed by atoms with Crippen molar-refractivity contribution in [2.45, 2.75) is 19.1 Å². The lowest BCUT2D eigenvalue weighted by Gasteiger charge is -2.05. The molecule has 0 unspecified atom stereocenters. The predicted molar refractivity (Wildman–Crippen MR) is 74.6 cm³/mol. The van der Waals surface area contributed by atoms with Gasteiger partial charge in [-0.2, -0.15) is 0 Å². The fourth-order valence-electron chi connectivity index (χ4n) is 1.33. The van der Waals surface area contributed by atoms with Crippen molar-refractivity contribution in [3.8, 4) is 0 Å². The molecule has 0 spiro atoms. The normalized spacial score (nSPS) is 10.5. The molecule has 0 radical (unpaired) electrons. The van der Waals surface area contributed by atoms with E-state index < -0.39 is 0 Å². The smallest absolute Gasteiger partial charge is 0.277 e. The Bertz CT molecular complexity index is 600. The largest absolute Gasteiger partial charge is 0.416 e. The van der Waals surface area contributed by atoms with Gasteiger partial charge in [0, 0.05) is 17.6 Å². The molecule has 2 rings (SSSR count). The van der Waals surface area contributed by atoms with Gasteiger partial charge in [-0.25, -0.2) is 0 Å². The van der Waals surface area contributed by atoms with Crippen molar-refractivity contribution in [2.75, 3.05) is 11.1 Å². The molecular weight excluding hydrogens is 286 g/mol. The van der Waals surface area contributed by atoms with Crippen molar-refractivity contribution in [1.29, 1.82) is 0 Å². The number of amides is 1. The van der Waals surface area contributed by atoms with Crippen LogP contribution in [0.4, 0.5) is 5.69 Å². The molecule has 7 heteroatoms. The summed E-state index contributed by atoms with van der Waals surface area (Å²) < 4.78 is 5.16. The Morgan fingerprint density at radius 1 is 1.42 bits per heavy atom. The number of benzene rings is 1. The number of carbonyl (C=O) groups is 1. The first-order valence-corrected chi connectivity index (χ1v) is 6.90. The van der Waals surface area contributed by atoms with Crippen molar-refractivity contribution >= 4 is 35.0 Å². The Morgan fingerprint density at radius 2 is 2.21 bits per heavy atom. The van der Waals surface area contributed by atoms with Crippen LogP contribution < -0.4 is 5.32 Å². The highest BCUT2D eigenvalue weighted by atomic mass is 35.5. The van der Waals surface area contributed by atoms with E-state index in [0.29, 0.717) is 21.8 Å². The minimum atomic E-state index is -0.152. The second kappa shape index (κ2) is 6.08. The third-order valence-corrected chi connectivity index (χ3v) is 3.52. The molecule has 0 atom stereocenters. The van der Waals surface area contributed by atoms with Crippen molar-refractivity contribution in [1.82, 2.24) is 10.2 Å². The third kappa shape index (κ3) is 3.97. The third-order valence-electron chi connectivity index (χ3n) is 2.29. The fourth-order valence-corrected chi connectivity index (χ4v) is 2.12. The molecule has 0 aliphatic rings. The summed E-state index contributed by atoms with van der Waals surface area (Å²) in [6.45, 7) is 3.60. The number of nitrogens with one attached hydrogen (secondary N) is 1. The van der Waals surface area contributed by atoms with Crippen LogP contribution in [0.25, 0.3) is 0 Å². The lowest BCUT2D eigenvalue weighted by Crippen LogP contribution is -2.14. The lowest BCUT2D eigenvalue weighted by atomic mass is 10.2. The van der Waals surface area contributed by atoms with Crippen molar-refractivity contribution < 1.29 is 9.21 Å². The van der Waals surface area contributed by atoms with Crippen LogP contribution >= 0.6 is 23.4 Å². The average molecular weight is 298 g/mol. The van der Waals surface area contributed by atoms with E-state index in [1.807, 2.05) is 13.0 Å². The molecular formula is C12H12ClN3O2S. The summed E-state index contributed by atoms with van der Waals surface area (Å²) in [5.74, 6) is 0.529. The van der Waals surface area contributed by atoms with Crippen molar-refractivity contribution in [2.24, 2.45) is 0 Å². The van der Waals surface area contributed by atoms with Crippen LogP contribution in [-0.2, 0) is 4.79 Å². The molecule has 0 saturated carbocycles. The molecule has 1 N–H and O–H groups in total. The van der Waals surface area contributed by atoms with E-state index in [2.05, 4.69) is 15.5 Å². The van der Waals surface area contributed by atoms with E-state index in [4.69, 9.17) is 16.0 Å². The maximum Gasteiger partial charge on any atom is 0.277 e. The predicted octanol–water partition coefficient (Wildman–Crippen LogP) is 3.07. The second-order valence-electron chi connectivity index (χ2n) is 3.89. The zero-order chi connectivity index (χ0) is 13.8. The number of aryl methyl sites for hydroxylation is 2. The van der Waals surface area contributed by atoms with E-state index in [1.54, 1.807) is 19.1 Å². The van der Waals surface area contributed by atoms with Gasteiger partial charge >= 0.3 is 0 Å². The van der Waals surface area contributed by atoms with Gasteiger partial charge in [0.15, 0.2) is 0 Å². The van der Waals surface area contributed by atoms with Crippen LogP contribution in [0.2, 0.25) is 5.02 Å². The summed E-state index contributed by atoms with van der Waals surface area (Å²) in [6.07, 6.45) is 0. The monoisotopic (exact) mass is 297 g/mol. The van der Waals surface area contributed by atoms with Gasteiger partial charge in [0.1, 0.15) is 0 Å². The van der Waals surface area contributed by atoms with Gasteiger partial charge in [-0.05, 0) is 24.6 Å². The fraction of sp³-hybridized carbons (Fsp3) is 0.250. The van der Waals surface area contributed by atoms with Gasteiger partial charge in [-0.1, -0.05) is 29.4 Å². The van der Waals surface area contributed by atoms with Crippen LogP contribution in [0.5, 0.6) is 0 Å². The van der Waals surface area contributed by atoms with E-state index >= 15 is 0 Å². The summed E-state index contributed by atoms with van der Waals surface area (Å²) in [4.78, 5) is 11.7. The average Bonchev–Trinajstić information content (AvgIpc) is 2.77. The zero-order valence-electron chi connectivity index (χ0n) is 10.4. The van der Waals surface area contributed by atoms with E-state index in [1.165, 1.54) is 11.8 Å². The Morgan fingerprint density at radius 3 is 2.84 bits per heavy atom. The molecule has 0 fully saturated rings. The first-order chi connectivity index (χ1) is 9.04. The number of anilines is 1. The first kappa shape index (κ1) is 13.9. The summed E-state index contributed by atoms with van der Waals surface area (Å²) >= 11 is 7.17. The highest BCUT2D eigenvalue weighted by Gasteiger charge is 2.08. The van der Waals surface area contributed by atoms with Crippen molar-refractivity contribution in [3.63, 3.8) is 0 Å². The molecule has 1 amide bonds. The summed E-state index contributed by atoms with van der Waals surface area (Å²) in [5, 5.41) is 11.2. The molecule has 0 aliphatic heterocycles. The Hall–Kier alpha value is -1.53. The molecule has 1 heterocycles. The molecule has 0 bridgehead atoms. The molecule has 0 saturated heterocycles. The van der Waals surface area contributed by atoms with Gasteiger partial charge in [0.25, 0.3) is 5.22 Å². The van der Waals surface area contributed by atoms with Crippen LogP contribution in [0.1, 0.15) is 11.5 Å². The minimum Gasteiger partial charge on any atom is -0.416 e. The number of thioether (sulfide) groups is 1.